The van der Waals surface area contributed by atoms with Crippen molar-refractivity contribution in [3.63, 3.8) is 0 Å². The Bertz CT molecular complexity index is 1340. The predicted octanol–water partition coefficient (Wildman–Crippen LogP) is 19.1. The standard InChI is InChI=1S/C52H80I6O6/c53-43-39-45(55)51(46(56)40-43)63-35-31-27-23-19-15-11-7-3-1-5-9-13-17-21-25-29-33-49(59)61-37-38-62-50(60)34-30-26-22-18-14-10-6-2-4-8-12-16-20-24-28-32-36-64-52-47(57)41-44(54)42-48(52)58/h39-42H,1-38H2. The van der Waals surface area contributed by atoms with Crippen LogP contribution >= 0.6 is 136 Å². The molecule has 0 amide bonds. The van der Waals surface area contributed by atoms with Crippen molar-refractivity contribution < 1.29 is 28.5 Å². The molecule has 2 aromatic rings. The number of esters is 2. The Balaban J connectivity index is 1.20. The molecule has 6 nitrogen and oxygen atoms in total. The largest absolute Gasteiger partial charge is 0.491 e. The average molecular weight is 1560 g/mol. The summed E-state index contributed by atoms with van der Waals surface area (Å²) in [7, 11) is 0. The lowest BCUT2D eigenvalue weighted by atomic mass is 10.0. The molecule has 2 rings (SSSR count). The first-order chi connectivity index (χ1) is 31.2. The van der Waals surface area contributed by atoms with Crippen molar-refractivity contribution in [3.8, 4) is 11.5 Å². The van der Waals surface area contributed by atoms with E-state index in [2.05, 4.69) is 160 Å². The second kappa shape index (κ2) is 43.2. The first-order valence-electron chi connectivity index (χ1n) is 25.0. The lowest BCUT2D eigenvalue weighted by Crippen LogP contribution is -2.13. The lowest BCUT2D eigenvalue weighted by molar-refractivity contribution is -0.152. The van der Waals surface area contributed by atoms with E-state index in [1.165, 1.54) is 188 Å². The van der Waals surface area contributed by atoms with Crippen molar-refractivity contribution in [2.24, 2.45) is 0 Å². The highest BCUT2D eigenvalue weighted by molar-refractivity contribution is 14.1. The third-order valence-corrected chi connectivity index (χ3v) is 16.0. The molecule has 366 valence electrons. The third-order valence-electron chi connectivity index (χ3n) is 11.6. The van der Waals surface area contributed by atoms with Gasteiger partial charge in [-0.3, -0.25) is 9.59 Å². The number of halogens is 6. The van der Waals surface area contributed by atoms with E-state index in [1.54, 1.807) is 0 Å². The van der Waals surface area contributed by atoms with E-state index in [1.807, 2.05) is 0 Å². The fourth-order valence-electron chi connectivity index (χ4n) is 7.83. The quantitative estimate of drug-likeness (QED) is 0.0374. The maximum absolute atomic E-state index is 12.1. The van der Waals surface area contributed by atoms with Crippen molar-refractivity contribution in [2.45, 2.75) is 218 Å². The van der Waals surface area contributed by atoms with Gasteiger partial charge in [-0.15, -0.1) is 0 Å². The van der Waals surface area contributed by atoms with E-state index in [-0.39, 0.29) is 25.2 Å². The molecule has 0 unspecified atom stereocenters. The molecule has 0 aromatic heterocycles. The predicted molar refractivity (Wildman–Crippen MR) is 319 cm³/mol. The number of carbonyl (C=O) groups excluding carboxylic acids is 2. The summed E-state index contributed by atoms with van der Waals surface area (Å²) >= 11 is 14.2. The normalized spacial score (nSPS) is 11.3. The Morgan fingerprint density at radius 3 is 0.734 bits per heavy atom. The molecule has 0 fully saturated rings. The Hall–Kier alpha value is 1.36. The minimum atomic E-state index is -0.174. The fraction of sp³-hybridized carbons (Fsp3) is 0.731. The summed E-state index contributed by atoms with van der Waals surface area (Å²) in [5, 5.41) is 0. The van der Waals surface area contributed by atoms with Crippen LogP contribution in [0.5, 0.6) is 11.5 Å². The van der Waals surface area contributed by atoms with Crippen molar-refractivity contribution in [3.05, 3.63) is 45.7 Å². The summed E-state index contributed by atoms with van der Waals surface area (Å²) in [6.07, 6.45) is 41.6. The van der Waals surface area contributed by atoms with Crippen LogP contribution in [0.1, 0.15) is 218 Å². The lowest BCUT2D eigenvalue weighted by Gasteiger charge is -2.11. The Morgan fingerprint density at radius 1 is 0.297 bits per heavy atom. The molecule has 0 saturated heterocycles. The number of hydrogen-bond acceptors (Lipinski definition) is 6. The highest BCUT2D eigenvalue weighted by Crippen LogP contribution is 2.31. The minimum absolute atomic E-state index is 0.166. The van der Waals surface area contributed by atoms with E-state index in [9.17, 15) is 9.59 Å². The molecule has 0 heterocycles. The molecule has 64 heavy (non-hydrogen) atoms. The van der Waals surface area contributed by atoms with Gasteiger partial charge in [-0.05, 0) is 185 Å². The van der Waals surface area contributed by atoms with Gasteiger partial charge in [0.05, 0.1) is 27.5 Å². The van der Waals surface area contributed by atoms with Crippen molar-refractivity contribution in [1.82, 2.24) is 0 Å². The average Bonchev–Trinajstić information content (AvgIpc) is 3.25. The molecule has 0 bridgehead atoms. The Morgan fingerprint density at radius 2 is 0.500 bits per heavy atom. The molecule has 0 aliphatic heterocycles. The van der Waals surface area contributed by atoms with Gasteiger partial charge in [0, 0.05) is 20.0 Å². The van der Waals surface area contributed by atoms with Crippen molar-refractivity contribution >= 4 is 147 Å². The highest BCUT2D eigenvalue weighted by Gasteiger charge is 2.10. The van der Waals surface area contributed by atoms with Crippen LogP contribution < -0.4 is 9.47 Å². The number of unbranched alkanes of at least 4 members (excludes halogenated alkanes) is 30. The Kier molecular flexibility index (Phi) is 41.5. The summed E-state index contributed by atoms with van der Waals surface area (Å²) < 4.78 is 30.0. The number of benzene rings is 2. The minimum Gasteiger partial charge on any atom is -0.491 e. The van der Waals surface area contributed by atoms with Crippen LogP contribution in [0.4, 0.5) is 0 Å². The zero-order valence-electron chi connectivity index (χ0n) is 38.9. The van der Waals surface area contributed by atoms with Crippen LogP contribution in [0.25, 0.3) is 0 Å². The smallest absolute Gasteiger partial charge is 0.305 e. The molecular formula is C52H80I6O6. The zero-order valence-corrected chi connectivity index (χ0v) is 51.8. The van der Waals surface area contributed by atoms with Gasteiger partial charge < -0.3 is 18.9 Å². The van der Waals surface area contributed by atoms with Gasteiger partial charge in [-0.1, -0.05) is 180 Å². The van der Waals surface area contributed by atoms with Gasteiger partial charge >= 0.3 is 11.9 Å². The topological polar surface area (TPSA) is 71.1 Å². The second-order valence-corrected chi connectivity index (χ2v) is 24.5. The maximum Gasteiger partial charge on any atom is 0.305 e. The monoisotopic (exact) mass is 1560 g/mol. The highest BCUT2D eigenvalue weighted by atomic mass is 127. The molecule has 0 atom stereocenters. The molecule has 0 aliphatic rings. The van der Waals surface area contributed by atoms with E-state index in [0.717, 1.165) is 63.2 Å². The fourth-order valence-corrected chi connectivity index (χ4v) is 15.6. The summed E-state index contributed by atoms with van der Waals surface area (Å²) in [4.78, 5) is 24.1. The van der Waals surface area contributed by atoms with E-state index >= 15 is 0 Å². The molecule has 0 N–H and O–H groups in total. The van der Waals surface area contributed by atoms with Crippen molar-refractivity contribution in [2.75, 3.05) is 26.4 Å². The SMILES string of the molecule is O=C(CCCCCCCCCCCCCCCCCCOc1c(I)cc(I)cc1I)OCCOC(=O)CCCCCCCCCCCCCCCCCCOc1c(I)cc(I)cc1I. The summed E-state index contributed by atoms with van der Waals surface area (Å²) in [6, 6.07) is 8.71. The van der Waals surface area contributed by atoms with Crippen molar-refractivity contribution in [1.29, 1.82) is 0 Å². The first-order valence-corrected chi connectivity index (χ1v) is 31.5. The molecule has 12 heteroatoms. The Labute approximate surface area is 471 Å². The number of rotatable bonds is 43. The van der Waals surface area contributed by atoms with E-state index in [0.29, 0.717) is 12.8 Å². The number of hydrogen-bond donors (Lipinski definition) is 0. The van der Waals surface area contributed by atoms with Crippen LogP contribution in [-0.2, 0) is 19.1 Å². The maximum atomic E-state index is 12.1. The first kappa shape index (κ1) is 61.5. The van der Waals surface area contributed by atoms with Gasteiger partial charge in [0.1, 0.15) is 24.7 Å². The summed E-state index contributed by atoms with van der Waals surface area (Å²) in [6.45, 7) is 1.97. The molecule has 0 spiro atoms. The molecule has 0 aliphatic carbocycles. The van der Waals surface area contributed by atoms with Crippen LogP contribution in [0, 0.1) is 21.4 Å². The second-order valence-electron chi connectivity index (χ2n) is 17.3. The summed E-state index contributed by atoms with van der Waals surface area (Å²) in [5.74, 6) is 1.75. The number of ether oxygens (including phenoxy) is 4. The zero-order chi connectivity index (χ0) is 46.3. The molecule has 0 saturated carbocycles. The molecule has 2 aromatic carbocycles. The van der Waals surface area contributed by atoms with Crippen LogP contribution in [0.15, 0.2) is 24.3 Å². The van der Waals surface area contributed by atoms with Gasteiger partial charge in [-0.2, -0.15) is 0 Å². The van der Waals surface area contributed by atoms with Gasteiger partial charge in [0.2, 0.25) is 0 Å². The molecule has 0 radical (unpaired) electrons. The van der Waals surface area contributed by atoms with E-state index in [4.69, 9.17) is 18.9 Å². The van der Waals surface area contributed by atoms with Gasteiger partial charge in [-0.25, -0.2) is 0 Å². The summed E-state index contributed by atoms with van der Waals surface area (Å²) in [5.41, 5.74) is 0. The third kappa shape index (κ3) is 34.6. The van der Waals surface area contributed by atoms with E-state index < -0.39 is 0 Å². The van der Waals surface area contributed by atoms with Crippen LogP contribution in [0.2, 0.25) is 0 Å². The van der Waals surface area contributed by atoms with Gasteiger partial charge in [0.15, 0.2) is 0 Å². The van der Waals surface area contributed by atoms with Crippen LogP contribution in [0.3, 0.4) is 0 Å². The van der Waals surface area contributed by atoms with Crippen LogP contribution in [-0.4, -0.2) is 38.4 Å². The molecular weight excluding hydrogens is 1480 g/mol. The van der Waals surface area contributed by atoms with Gasteiger partial charge in [0.25, 0.3) is 0 Å². The number of carbonyl (C=O) groups is 2.